The minimum atomic E-state index is 0. The molecule has 0 aliphatic carbocycles. The lowest BCUT2D eigenvalue weighted by Crippen LogP contribution is -2.48. The first-order valence-corrected chi connectivity index (χ1v) is 10.3. The van der Waals surface area contributed by atoms with Gasteiger partial charge in [0.25, 0.3) is 0 Å². The average Bonchev–Trinajstić information content (AvgIpc) is 3.02. The Balaban J connectivity index is 0.00000264. The molecule has 4 nitrogen and oxygen atoms in total. The quantitative estimate of drug-likeness (QED) is 0.393. The molecule has 132 valence electrons. The number of halogens is 1. The maximum Gasteiger partial charge on any atom is 0.193 e. The van der Waals surface area contributed by atoms with E-state index in [2.05, 4.69) is 53.1 Å². The van der Waals surface area contributed by atoms with Gasteiger partial charge >= 0.3 is 0 Å². The van der Waals surface area contributed by atoms with Gasteiger partial charge in [-0.25, -0.2) is 4.98 Å². The third-order valence-corrected chi connectivity index (χ3v) is 6.17. The average molecular weight is 468 g/mol. The van der Waals surface area contributed by atoms with E-state index >= 15 is 0 Å². The van der Waals surface area contributed by atoms with E-state index in [1.807, 2.05) is 0 Å². The van der Waals surface area contributed by atoms with Crippen molar-refractivity contribution in [1.82, 2.24) is 15.2 Å². The second-order valence-electron chi connectivity index (χ2n) is 5.42. The molecule has 0 spiro atoms. The molecule has 0 amide bonds. The van der Waals surface area contributed by atoms with Crippen LogP contribution in [0.2, 0.25) is 0 Å². The van der Waals surface area contributed by atoms with Crippen molar-refractivity contribution >= 4 is 53.0 Å². The monoisotopic (exact) mass is 468 g/mol. The number of hydrogen-bond donors (Lipinski definition) is 1. The number of thioether (sulfide) groups is 1. The summed E-state index contributed by atoms with van der Waals surface area (Å²) in [5.41, 5.74) is 1.18. The largest absolute Gasteiger partial charge is 0.357 e. The second-order valence-corrected chi connectivity index (χ2v) is 7.77. The van der Waals surface area contributed by atoms with Gasteiger partial charge in [-0.1, -0.05) is 13.8 Å². The van der Waals surface area contributed by atoms with Crippen molar-refractivity contribution in [3.8, 4) is 0 Å². The van der Waals surface area contributed by atoms with Gasteiger partial charge in [-0.2, -0.15) is 11.8 Å². The van der Waals surface area contributed by atoms with E-state index in [1.165, 1.54) is 22.9 Å². The van der Waals surface area contributed by atoms with Crippen LogP contribution in [0.1, 0.15) is 37.9 Å². The van der Waals surface area contributed by atoms with Crippen molar-refractivity contribution in [2.45, 2.75) is 45.3 Å². The summed E-state index contributed by atoms with van der Waals surface area (Å²) in [6.07, 6.45) is 3.20. The Morgan fingerprint density at radius 1 is 1.43 bits per heavy atom. The summed E-state index contributed by atoms with van der Waals surface area (Å²) in [6.45, 7) is 10.5. The molecule has 1 atom stereocenters. The van der Waals surface area contributed by atoms with E-state index in [4.69, 9.17) is 4.99 Å². The first-order chi connectivity index (χ1) is 10.8. The van der Waals surface area contributed by atoms with Gasteiger partial charge in [0.05, 0.1) is 10.7 Å². The van der Waals surface area contributed by atoms with E-state index in [-0.39, 0.29) is 24.0 Å². The normalized spacial score (nSPS) is 18.7. The standard InChI is InChI=1S/C16H28N4S2.HI/c1-4-14-11-20(9-10-21-14)16(17-6-3)18-8-7-13-12-22-15(5-2)19-13;/h12,14H,4-11H2,1-3H3,(H,17,18);1H. The van der Waals surface area contributed by atoms with Crippen molar-refractivity contribution in [3.63, 3.8) is 0 Å². The maximum atomic E-state index is 4.82. The summed E-state index contributed by atoms with van der Waals surface area (Å²) in [6, 6.07) is 0. The molecule has 7 heteroatoms. The molecule has 1 aromatic rings. The van der Waals surface area contributed by atoms with Crippen molar-refractivity contribution in [3.05, 3.63) is 16.1 Å². The van der Waals surface area contributed by atoms with E-state index in [1.54, 1.807) is 11.3 Å². The van der Waals surface area contributed by atoms with Gasteiger partial charge in [0.1, 0.15) is 0 Å². The topological polar surface area (TPSA) is 40.5 Å². The lowest BCUT2D eigenvalue weighted by atomic mass is 10.3. The van der Waals surface area contributed by atoms with Crippen LogP contribution in [-0.2, 0) is 12.8 Å². The summed E-state index contributed by atoms with van der Waals surface area (Å²) in [5, 5.41) is 7.59. The van der Waals surface area contributed by atoms with Gasteiger partial charge < -0.3 is 10.2 Å². The minimum Gasteiger partial charge on any atom is -0.357 e. The van der Waals surface area contributed by atoms with Crippen molar-refractivity contribution < 1.29 is 0 Å². The number of aryl methyl sites for hydroxylation is 1. The number of hydrogen-bond acceptors (Lipinski definition) is 4. The number of rotatable bonds is 6. The van der Waals surface area contributed by atoms with E-state index in [0.717, 1.165) is 50.2 Å². The Morgan fingerprint density at radius 2 is 2.26 bits per heavy atom. The molecule has 1 fully saturated rings. The first kappa shape index (κ1) is 21.0. The number of thiazole rings is 1. The van der Waals surface area contributed by atoms with Crippen LogP contribution < -0.4 is 5.32 Å². The Kier molecular flexibility index (Phi) is 10.5. The van der Waals surface area contributed by atoms with Crippen molar-refractivity contribution in [2.75, 3.05) is 31.9 Å². The van der Waals surface area contributed by atoms with Crippen LogP contribution in [-0.4, -0.2) is 53.0 Å². The van der Waals surface area contributed by atoms with Gasteiger partial charge in [-0.15, -0.1) is 35.3 Å². The molecular formula is C16H29IN4S2. The molecule has 0 radical (unpaired) electrons. The predicted molar refractivity (Wildman–Crippen MR) is 115 cm³/mol. The zero-order chi connectivity index (χ0) is 15.8. The van der Waals surface area contributed by atoms with Crippen LogP contribution in [0.15, 0.2) is 10.4 Å². The highest BCUT2D eigenvalue weighted by Gasteiger charge is 2.21. The molecule has 2 rings (SSSR count). The predicted octanol–water partition coefficient (Wildman–Crippen LogP) is 3.66. The van der Waals surface area contributed by atoms with Gasteiger partial charge in [0.2, 0.25) is 0 Å². The van der Waals surface area contributed by atoms with E-state index < -0.39 is 0 Å². The van der Waals surface area contributed by atoms with Crippen molar-refractivity contribution in [1.29, 1.82) is 0 Å². The fraction of sp³-hybridized carbons (Fsp3) is 0.750. The number of guanidine groups is 1. The molecule has 0 aromatic carbocycles. The SMILES string of the molecule is CCNC(=NCCc1csc(CC)n1)N1CCSC(CC)C1.I. The minimum absolute atomic E-state index is 0. The molecule has 1 aliphatic rings. The fourth-order valence-corrected chi connectivity index (χ4v) is 4.45. The van der Waals surface area contributed by atoms with Crippen LogP contribution in [0.4, 0.5) is 0 Å². The van der Waals surface area contributed by atoms with Crippen LogP contribution >= 0.6 is 47.1 Å². The number of nitrogens with one attached hydrogen (secondary N) is 1. The molecular weight excluding hydrogens is 439 g/mol. The van der Waals surface area contributed by atoms with Gasteiger partial charge in [0.15, 0.2) is 5.96 Å². The molecule has 23 heavy (non-hydrogen) atoms. The number of nitrogens with zero attached hydrogens (tertiary/aromatic N) is 3. The van der Waals surface area contributed by atoms with Gasteiger partial charge in [0, 0.05) is 49.0 Å². The van der Waals surface area contributed by atoms with Gasteiger partial charge in [-0.05, 0) is 19.8 Å². The second kappa shape index (κ2) is 11.5. The highest BCUT2D eigenvalue weighted by molar-refractivity contribution is 14.0. The molecule has 0 bridgehead atoms. The van der Waals surface area contributed by atoms with Crippen LogP contribution in [0.3, 0.4) is 0 Å². The highest BCUT2D eigenvalue weighted by atomic mass is 127. The molecule has 1 aliphatic heterocycles. The Bertz CT molecular complexity index is 478. The lowest BCUT2D eigenvalue weighted by molar-refractivity contribution is 0.408. The zero-order valence-electron chi connectivity index (χ0n) is 14.4. The van der Waals surface area contributed by atoms with E-state index in [0.29, 0.717) is 0 Å². The Labute approximate surface area is 166 Å². The summed E-state index contributed by atoms with van der Waals surface area (Å²) in [7, 11) is 0. The fourth-order valence-electron chi connectivity index (χ4n) is 2.49. The van der Waals surface area contributed by atoms with E-state index in [9.17, 15) is 0 Å². The number of aliphatic imine (C=N–C) groups is 1. The maximum absolute atomic E-state index is 4.82. The van der Waals surface area contributed by atoms with Gasteiger partial charge in [-0.3, -0.25) is 4.99 Å². The number of aromatic nitrogens is 1. The summed E-state index contributed by atoms with van der Waals surface area (Å²) in [4.78, 5) is 11.9. The molecule has 1 aromatic heterocycles. The molecule has 1 saturated heterocycles. The Hall–Kier alpha value is -0.0200. The van der Waals surface area contributed by atoms with Crippen molar-refractivity contribution in [2.24, 2.45) is 4.99 Å². The van der Waals surface area contributed by atoms with Crippen LogP contribution in [0, 0.1) is 0 Å². The Morgan fingerprint density at radius 3 is 2.91 bits per heavy atom. The smallest absolute Gasteiger partial charge is 0.193 e. The highest BCUT2D eigenvalue weighted by Crippen LogP contribution is 2.21. The zero-order valence-corrected chi connectivity index (χ0v) is 18.3. The third-order valence-electron chi connectivity index (χ3n) is 3.76. The van der Waals surface area contributed by atoms with Crippen LogP contribution in [0.25, 0.3) is 0 Å². The van der Waals surface area contributed by atoms with Crippen LogP contribution in [0.5, 0.6) is 0 Å². The molecule has 1 N–H and O–H groups in total. The molecule has 1 unspecified atom stereocenters. The summed E-state index contributed by atoms with van der Waals surface area (Å²) in [5.74, 6) is 2.28. The summed E-state index contributed by atoms with van der Waals surface area (Å²) < 4.78 is 0. The summed E-state index contributed by atoms with van der Waals surface area (Å²) >= 11 is 3.86. The molecule has 0 saturated carbocycles. The molecule has 2 heterocycles. The third kappa shape index (κ3) is 6.78. The lowest BCUT2D eigenvalue weighted by Gasteiger charge is -2.34. The first-order valence-electron chi connectivity index (χ1n) is 8.34.